The summed E-state index contributed by atoms with van der Waals surface area (Å²) in [5, 5.41) is 15.3. The Bertz CT molecular complexity index is 944. The number of rotatable bonds is 6. The highest BCUT2D eigenvalue weighted by Crippen LogP contribution is 2.27. The molecule has 10 nitrogen and oxygen atoms in total. The summed E-state index contributed by atoms with van der Waals surface area (Å²) in [6, 6.07) is 4.73. The number of nitro benzene ring substituents is 1. The zero-order valence-corrected chi connectivity index (χ0v) is 16.3. The van der Waals surface area contributed by atoms with Crippen LogP contribution in [0.4, 0.5) is 27.5 Å². The molecule has 30 heavy (non-hydrogen) atoms. The van der Waals surface area contributed by atoms with Crippen LogP contribution in [0.5, 0.6) is 0 Å². The standard InChI is InChI=1S/C19H22FN7O3/c20-16-13-21-19(23-18(16)26-7-9-30-10-8-26)24-22-12-14-11-15(27(28)29)3-4-17(14)25-5-1-2-6-25/h3-4,11-13H,1-2,5-10H2,(H,21,23,24)/b22-12+. The van der Waals surface area contributed by atoms with Crippen molar-refractivity contribution in [1.82, 2.24) is 9.97 Å². The molecule has 2 aromatic rings. The number of benzene rings is 1. The molecule has 11 heteroatoms. The quantitative estimate of drug-likeness (QED) is 0.435. The molecule has 0 bridgehead atoms. The molecule has 3 heterocycles. The fourth-order valence-corrected chi connectivity index (χ4v) is 3.57. The first-order valence-electron chi connectivity index (χ1n) is 9.79. The van der Waals surface area contributed by atoms with Crippen LogP contribution in [0, 0.1) is 15.9 Å². The lowest BCUT2D eigenvalue weighted by atomic mass is 10.1. The smallest absolute Gasteiger partial charge is 0.270 e. The molecule has 0 amide bonds. The Morgan fingerprint density at radius 3 is 2.70 bits per heavy atom. The predicted octanol–water partition coefficient (Wildman–Crippen LogP) is 2.41. The summed E-state index contributed by atoms with van der Waals surface area (Å²) in [7, 11) is 0. The minimum atomic E-state index is -0.513. The number of nitro groups is 1. The first kappa shape index (κ1) is 20.0. The van der Waals surface area contributed by atoms with Crippen molar-refractivity contribution in [3.05, 3.63) is 45.9 Å². The molecule has 2 fully saturated rings. The molecule has 0 atom stereocenters. The van der Waals surface area contributed by atoms with Crippen LogP contribution in [-0.4, -0.2) is 60.5 Å². The lowest BCUT2D eigenvalue weighted by Gasteiger charge is -2.27. The van der Waals surface area contributed by atoms with Crippen LogP contribution in [0.3, 0.4) is 0 Å². The van der Waals surface area contributed by atoms with Gasteiger partial charge >= 0.3 is 0 Å². The average Bonchev–Trinajstić information content (AvgIpc) is 3.30. The van der Waals surface area contributed by atoms with Crippen LogP contribution < -0.4 is 15.2 Å². The molecular weight excluding hydrogens is 393 g/mol. The van der Waals surface area contributed by atoms with E-state index in [2.05, 4.69) is 25.4 Å². The van der Waals surface area contributed by atoms with E-state index >= 15 is 0 Å². The highest BCUT2D eigenvalue weighted by molar-refractivity contribution is 5.89. The summed E-state index contributed by atoms with van der Waals surface area (Å²) in [6.45, 7) is 3.91. The summed E-state index contributed by atoms with van der Waals surface area (Å²) < 4.78 is 19.4. The minimum Gasteiger partial charge on any atom is -0.378 e. The van der Waals surface area contributed by atoms with Crippen molar-refractivity contribution in [3.8, 4) is 0 Å². The zero-order valence-electron chi connectivity index (χ0n) is 16.3. The molecule has 0 aliphatic carbocycles. The van der Waals surface area contributed by atoms with Gasteiger partial charge in [-0.05, 0) is 18.9 Å². The lowest BCUT2D eigenvalue weighted by molar-refractivity contribution is -0.384. The van der Waals surface area contributed by atoms with E-state index in [1.165, 1.54) is 18.3 Å². The Hall–Kier alpha value is -3.34. The van der Waals surface area contributed by atoms with Crippen molar-refractivity contribution in [3.63, 3.8) is 0 Å². The Balaban J connectivity index is 1.54. The number of morpholine rings is 1. The number of hydrogen-bond donors (Lipinski definition) is 1. The van der Waals surface area contributed by atoms with Gasteiger partial charge in [0, 0.05) is 49.6 Å². The van der Waals surface area contributed by atoms with Gasteiger partial charge in [0.15, 0.2) is 11.6 Å². The summed E-state index contributed by atoms with van der Waals surface area (Å²) in [6.07, 6.45) is 4.76. The van der Waals surface area contributed by atoms with Crippen molar-refractivity contribution in [2.24, 2.45) is 5.10 Å². The fourth-order valence-electron chi connectivity index (χ4n) is 3.57. The normalized spacial score (nSPS) is 17.0. The van der Waals surface area contributed by atoms with Gasteiger partial charge in [-0.1, -0.05) is 0 Å². The number of nitrogens with one attached hydrogen (secondary N) is 1. The molecule has 158 valence electrons. The van der Waals surface area contributed by atoms with Gasteiger partial charge < -0.3 is 14.5 Å². The monoisotopic (exact) mass is 415 g/mol. The van der Waals surface area contributed by atoms with Crippen LogP contribution >= 0.6 is 0 Å². The number of halogens is 1. The number of non-ortho nitro benzene ring substituents is 1. The number of anilines is 3. The Morgan fingerprint density at radius 2 is 1.97 bits per heavy atom. The minimum absolute atomic E-state index is 0.00738. The molecule has 1 aromatic heterocycles. The molecule has 0 spiro atoms. The molecule has 2 saturated heterocycles. The van der Waals surface area contributed by atoms with Crippen LogP contribution in [0.25, 0.3) is 0 Å². The molecule has 1 N–H and O–H groups in total. The van der Waals surface area contributed by atoms with Crippen LogP contribution in [-0.2, 0) is 4.74 Å². The Morgan fingerprint density at radius 1 is 1.20 bits per heavy atom. The van der Waals surface area contributed by atoms with E-state index in [0.717, 1.165) is 37.8 Å². The fraction of sp³-hybridized carbons (Fsp3) is 0.421. The number of hydrogen-bond acceptors (Lipinski definition) is 9. The predicted molar refractivity (Wildman–Crippen MR) is 111 cm³/mol. The second-order valence-electron chi connectivity index (χ2n) is 7.03. The van der Waals surface area contributed by atoms with Gasteiger partial charge in [-0.3, -0.25) is 10.1 Å². The molecule has 1 aromatic carbocycles. The van der Waals surface area contributed by atoms with E-state index in [9.17, 15) is 14.5 Å². The van der Waals surface area contributed by atoms with E-state index in [0.29, 0.717) is 31.9 Å². The van der Waals surface area contributed by atoms with E-state index in [-0.39, 0.29) is 17.5 Å². The highest BCUT2D eigenvalue weighted by Gasteiger charge is 2.19. The van der Waals surface area contributed by atoms with Gasteiger partial charge in [-0.2, -0.15) is 10.1 Å². The number of ether oxygens (including phenoxy) is 1. The molecule has 0 unspecified atom stereocenters. The third kappa shape index (κ3) is 4.46. The largest absolute Gasteiger partial charge is 0.378 e. The first-order chi connectivity index (χ1) is 14.6. The van der Waals surface area contributed by atoms with E-state index in [1.807, 2.05) is 0 Å². The SMILES string of the molecule is O=[N+]([O-])c1ccc(N2CCCC2)c(/C=N/Nc2ncc(F)c(N3CCOCC3)n2)c1. The third-order valence-corrected chi connectivity index (χ3v) is 5.07. The maximum Gasteiger partial charge on any atom is 0.270 e. The van der Waals surface area contributed by atoms with Crippen LogP contribution in [0.1, 0.15) is 18.4 Å². The van der Waals surface area contributed by atoms with E-state index in [1.54, 1.807) is 11.0 Å². The van der Waals surface area contributed by atoms with Gasteiger partial charge in [0.05, 0.1) is 30.5 Å². The molecular formula is C19H22FN7O3. The molecule has 2 aliphatic rings. The second kappa shape index (κ2) is 8.99. The maximum atomic E-state index is 14.1. The summed E-state index contributed by atoms with van der Waals surface area (Å²) in [5.74, 6) is -0.178. The summed E-state index contributed by atoms with van der Waals surface area (Å²) in [4.78, 5) is 22.8. The van der Waals surface area contributed by atoms with Crippen molar-refractivity contribution in [2.75, 3.05) is 54.6 Å². The molecule has 0 radical (unpaired) electrons. The number of aromatic nitrogens is 2. The lowest BCUT2D eigenvalue weighted by Crippen LogP contribution is -2.37. The Labute approximate surface area is 172 Å². The number of nitrogens with zero attached hydrogens (tertiary/aromatic N) is 6. The van der Waals surface area contributed by atoms with Gasteiger partial charge in [0.2, 0.25) is 5.95 Å². The Kier molecular flexibility index (Phi) is 5.98. The van der Waals surface area contributed by atoms with Crippen molar-refractivity contribution >= 4 is 29.4 Å². The molecule has 0 saturated carbocycles. The number of hydrazone groups is 1. The molecule has 4 rings (SSSR count). The van der Waals surface area contributed by atoms with Gasteiger partial charge in [-0.25, -0.2) is 14.8 Å². The topological polar surface area (TPSA) is 109 Å². The third-order valence-electron chi connectivity index (χ3n) is 5.07. The first-order valence-corrected chi connectivity index (χ1v) is 9.79. The highest BCUT2D eigenvalue weighted by atomic mass is 19.1. The summed E-state index contributed by atoms with van der Waals surface area (Å²) in [5.41, 5.74) is 4.20. The van der Waals surface area contributed by atoms with Crippen molar-refractivity contribution in [2.45, 2.75) is 12.8 Å². The van der Waals surface area contributed by atoms with Crippen molar-refractivity contribution in [1.29, 1.82) is 0 Å². The molecule has 2 aliphatic heterocycles. The van der Waals surface area contributed by atoms with Crippen LogP contribution in [0.2, 0.25) is 0 Å². The summed E-state index contributed by atoms with van der Waals surface area (Å²) >= 11 is 0. The van der Waals surface area contributed by atoms with Crippen molar-refractivity contribution < 1.29 is 14.1 Å². The zero-order chi connectivity index (χ0) is 20.9. The average molecular weight is 415 g/mol. The van der Waals surface area contributed by atoms with Gasteiger partial charge in [0.1, 0.15) is 0 Å². The van der Waals surface area contributed by atoms with E-state index < -0.39 is 10.7 Å². The van der Waals surface area contributed by atoms with Gasteiger partial charge in [0.25, 0.3) is 5.69 Å². The van der Waals surface area contributed by atoms with E-state index in [4.69, 9.17) is 4.74 Å². The van der Waals surface area contributed by atoms with Crippen LogP contribution in [0.15, 0.2) is 29.5 Å². The maximum absolute atomic E-state index is 14.1. The van der Waals surface area contributed by atoms with Gasteiger partial charge in [-0.15, -0.1) is 0 Å². The second-order valence-corrected chi connectivity index (χ2v) is 7.03.